The Morgan fingerprint density at radius 1 is 1.26 bits per heavy atom. The van der Waals surface area contributed by atoms with E-state index in [1.807, 2.05) is 25.1 Å². The average molecular weight is 379 g/mol. The summed E-state index contributed by atoms with van der Waals surface area (Å²) in [6, 6.07) is 12.0. The van der Waals surface area contributed by atoms with Gasteiger partial charge < -0.3 is 20.9 Å². The minimum Gasteiger partial charge on any atom is -1.00 e. The number of carbonyl (C=O) groups is 2. The zero-order chi connectivity index (χ0) is 18.7. The van der Waals surface area contributed by atoms with Crippen LogP contribution in [0.25, 0.3) is 0 Å². The molecule has 0 saturated heterocycles. The van der Waals surface area contributed by atoms with Crippen LogP contribution in [0.15, 0.2) is 42.5 Å². The first kappa shape index (κ1) is 21.3. The van der Waals surface area contributed by atoms with E-state index in [2.05, 4.69) is 0 Å². The van der Waals surface area contributed by atoms with Crippen molar-refractivity contribution in [2.45, 2.75) is 25.9 Å². The van der Waals surface area contributed by atoms with E-state index in [4.69, 9.17) is 9.47 Å². The molecule has 2 aromatic rings. The van der Waals surface area contributed by atoms with Crippen LogP contribution in [0.3, 0.4) is 0 Å². The molecule has 0 fully saturated rings. The normalized spacial score (nSPS) is 13.6. The van der Waals surface area contributed by atoms with E-state index < -0.39 is 12.0 Å². The Kier molecular flexibility index (Phi) is 7.30. The van der Waals surface area contributed by atoms with Crippen molar-refractivity contribution in [1.82, 2.24) is 4.90 Å². The third-order valence-corrected chi connectivity index (χ3v) is 4.47. The zero-order valence-electron chi connectivity index (χ0n) is 16.8. The maximum absolute atomic E-state index is 12.8. The fraction of sp³-hybridized carbons (Fsp3) is 0.300. The van der Waals surface area contributed by atoms with Crippen molar-refractivity contribution in [2.24, 2.45) is 0 Å². The van der Waals surface area contributed by atoms with Gasteiger partial charge in [-0.3, -0.25) is 9.59 Å². The van der Waals surface area contributed by atoms with Gasteiger partial charge in [-0.2, -0.15) is 0 Å². The van der Waals surface area contributed by atoms with E-state index in [0.29, 0.717) is 35.8 Å². The number of aliphatic carboxylic acids is 1. The molecular formula is C20H22NNaO5. The monoisotopic (exact) mass is 379 g/mol. The Labute approximate surface area is 181 Å². The van der Waals surface area contributed by atoms with Crippen LogP contribution in [0, 0.1) is 0 Å². The molecule has 3 rings (SSSR count). The van der Waals surface area contributed by atoms with Crippen molar-refractivity contribution in [3.05, 3.63) is 59.2 Å². The van der Waals surface area contributed by atoms with Crippen LogP contribution in [0.2, 0.25) is 0 Å². The standard InChI is InChI=1S/C20H21NO5.Na.H/c1-3-26-18-10-13(8-9-17(18)25-2)16(11-19(22)23)21-12-14-6-4-5-7-15(14)20(21)24;;/h4-10,16H,3,11-12H2,1-2H3,(H,22,23);;/q;+1;-1. The number of nitrogens with zero attached hydrogens (tertiary/aromatic N) is 1. The molecule has 0 saturated carbocycles. The van der Waals surface area contributed by atoms with Gasteiger partial charge in [-0.25, -0.2) is 0 Å². The van der Waals surface area contributed by atoms with E-state index in [0.717, 1.165) is 5.56 Å². The van der Waals surface area contributed by atoms with Gasteiger partial charge in [0, 0.05) is 12.1 Å². The van der Waals surface area contributed by atoms with Gasteiger partial charge in [0.1, 0.15) is 0 Å². The van der Waals surface area contributed by atoms with Crippen LogP contribution < -0.4 is 39.0 Å². The number of hydrogen-bond donors (Lipinski definition) is 1. The van der Waals surface area contributed by atoms with Crippen molar-refractivity contribution in [3.63, 3.8) is 0 Å². The van der Waals surface area contributed by atoms with Crippen LogP contribution in [0.4, 0.5) is 0 Å². The van der Waals surface area contributed by atoms with E-state index >= 15 is 0 Å². The summed E-state index contributed by atoms with van der Waals surface area (Å²) in [5, 5.41) is 9.39. The maximum atomic E-state index is 12.8. The third kappa shape index (κ3) is 4.46. The van der Waals surface area contributed by atoms with Crippen molar-refractivity contribution in [3.8, 4) is 11.5 Å². The molecule has 27 heavy (non-hydrogen) atoms. The minimum absolute atomic E-state index is 0. The fourth-order valence-corrected chi connectivity index (χ4v) is 3.27. The third-order valence-electron chi connectivity index (χ3n) is 4.47. The van der Waals surface area contributed by atoms with Crippen molar-refractivity contribution in [2.75, 3.05) is 13.7 Å². The van der Waals surface area contributed by atoms with Crippen LogP contribution in [0.1, 0.15) is 42.3 Å². The predicted octanol–water partition coefficient (Wildman–Crippen LogP) is 0.382. The molecule has 7 heteroatoms. The van der Waals surface area contributed by atoms with Gasteiger partial charge in [0.25, 0.3) is 5.91 Å². The van der Waals surface area contributed by atoms with Gasteiger partial charge in [0.2, 0.25) is 0 Å². The summed E-state index contributed by atoms with van der Waals surface area (Å²) in [5.41, 5.74) is 2.24. The van der Waals surface area contributed by atoms with Crippen LogP contribution in [-0.4, -0.2) is 35.6 Å². The number of methoxy groups -OCH3 is 1. The van der Waals surface area contributed by atoms with Crippen molar-refractivity contribution < 1.29 is 55.2 Å². The molecule has 2 aromatic carbocycles. The Bertz CT molecular complexity index is 845. The number of hydrogen-bond acceptors (Lipinski definition) is 4. The molecule has 138 valence electrons. The Morgan fingerprint density at radius 3 is 2.63 bits per heavy atom. The number of carboxylic acids is 1. The van der Waals surface area contributed by atoms with E-state index in [1.165, 1.54) is 0 Å². The minimum atomic E-state index is -0.965. The first-order chi connectivity index (χ1) is 12.5. The molecule has 1 atom stereocenters. The second kappa shape index (κ2) is 9.26. The molecule has 1 aliphatic rings. The second-order valence-electron chi connectivity index (χ2n) is 6.05. The Morgan fingerprint density at radius 2 is 2.00 bits per heavy atom. The largest absolute Gasteiger partial charge is 1.00 e. The number of benzene rings is 2. The summed E-state index contributed by atoms with van der Waals surface area (Å²) < 4.78 is 10.9. The van der Waals surface area contributed by atoms with Gasteiger partial charge in [-0.05, 0) is 36.2 Å². The summed E-state index contributed by atoms with van der Waals surface area (Å²) in [6.07, 6.45) is -0.183. The summed E-state index contributed by atoms with van der Waals surface area (Å²) in [5.74, 6) is -0.0130. The van der Waals surface area contributed by atoms with Gasteiger partial charge in [0.05, 0.1) is 26.2 Å². The number of amides is 1. The van der Waals surface area contributed by atoms with E-state index in [9.17, 15) is 14.7 Å². The number of carbonyl (C=O) groups excluding carboxylic acids is 1. The number of carboxylic acid groups (broad SMARTS) is 1. The molecular weight excluding hydrogens is 357 g/mol. The first-order valence-corrected chi connectivity index (χ1v) is 8.46. The molecule has 0 aliphatic carbocycles. The van der Waals surface area contributed by atoms with Crippen LogP contribution >= 0.6 is 0 Å². The van der Waals surface area contributed by atoms with Gasteiger partial charge in [-0.1, -0.05) is 24.3 Å². The van der Waals surface area contributed by atoms with Crippen LogP contribution in [-0.2, 0) is 11.3 Å². The topological polar surface area (TPSA) is 76.1 Å². The molecule has 1 aliphatic heterocycles. The van der Waals surface area contributed by atoms with Crippen molar-refractivity contribution in [1.29, 1.82) is 0 Å². The second-order valence-corrected chi connectivity index (χ2v) is 6.05. The van der Waals surface area contributed by atoms with Crippen molar-refractivity contribution >= 4 is 11.9 Å². The molecule has 1 N–H and O–H groups in total. The summed E-state index contributed by atoms with van der Waals surface area (Å²) in [6.45, 7) is 2.71. The average Bonchev–Trinajstić information content (AvgIpc) is 2.97. The molecule has 6 nitrogen and oxygen atoms in total. The molecule has 0 spiro atoms. The SMILES string of the molecule is CCOc1cc(C(CC(=O)O)N2Cc3ccccc3C2=O)ccc1OC.[H-].[Na+]. The van der Waals surface area contributed by atoms with E-state index in [1.54, 1.807) is 36.3 Å². The number of ether oxygens (including phenoxy) is 2. The Balaban J connectivity index is 0.00000196. The molecule has 1 amide bonds. The van der Waals surface area contributed by atoms with Crippen LogP contribution in [0.5, 0.6) is 11.5 Å². The maximum Gasteiger partial charge on any atom is 1.00 e. The van der Waals surface area contributed by atoms with Gasteiger partial charge in [0.15, 0.2) is 11.5 Å². The molecule has 1 unspecified atom stereocenters. The van der Waals surface area contributed by atoms with E-state index in [-0.39, 0.29) is 43.3 Å². The molecule has 0 radical (unpaired) electrons. The zero-order valence-corrected chi connectivity index (χ0v) is 17.8. The molecule has 0 aromatic heterocycles. The Hall–Kier alpha value is -2.02. The number of fused-ring (bicyclic) bond motifs is 1. The molecule has 1 heterocycles. The quantitative estimate of drug-likeness (QED) is 0.704. The molecule has 0 bridgehead atoms. The summed E-state index contributed by atoms with van der Waals surface area (Å²) >= 11 is 0. The predicted molar refractivity (Wildman–Crippen MR) is 96.6 cm³/mol. The summed E-state index contributed by atoms with van der Waals surface area (Å²) in [7, 11) is 1.55. The van der Waals surface area contributed by atoms with Gasteiger partial charge >= 0.3 is 35.5 Å². The first-order valence-electron chi connectivity index (χ1n) is 8.46. The van der Waals surface area contributed by atoms with Gasteiger partial charge in [-0.15, -0.1) is 0 Å². The summed E-state index contributed by atoms with van der Waals surface area (Å²) in [4.78, 5) is 25.9. The fourth-order valence-electron chi connectivity index (χ4n) is 3.27. The number of rotatable bonds is 7. The smallest absolute Gasteiger partial charge is 1.00 e.